The van der Waals surface area contributed by atoms with Gasteiger partial charge in [-0.25, -0.2) is 0 Å². The number of hydrogen-bond donors (Lipinski definition) is 1. The van der Waals surface area contributed by atoms with E-state index in [-0.39, 0.29) is 17.9 Å². The first kappa shape index (κ1) is 16.3. The van der Waals surface area contributed by atoms with Crippen molar-refractivity contribution in [2.24, 2.45) is 0 Å². The van der Waals surface area contributed by atoms with E-state index in [1.165, 1.54) is 0 Å². The number of benzene rings is 1. The molecule has 0 atom stereocenters. The number of ether oxygens (including phenoxy) is 1. The van der Waals surface area contributed by atoms with E-state index >= 15 is 0 Å². The molecule has 0 spiro atoms. The van der Waals surface area contributed by atoms with Gasteiger partial charge in [-0.2, -0.15) is 0 Å². The van der Waals surface area contributed by atoms with Gasteiger partial charge in [-0.05, 0) is 37.5 Å². The number of methoxy groups -OCH3 is 1. The summed E-state index contributed by atoms with van der Waals surface area (Å²) in [6, 6.07) is 7.26. The molecule has 120 valence electrons. The van der Waals surface area contributed by atoms with E-state index in [0.717, 1.165) is 32.4 Å². The third-order valence-electron chi connectivity index (χ3n) is 3.98. The van der Waals surface area contributed by atoms with Gasteiger partial charge in [0.2, 0.25) is 5.91 Å². The number of piperidine rings is 1. The fraction of sp³-hybridized carbons (Fsp3) is 0.529. The molecular formula is C17H24N2O3. The Hall–Kier alpha value is -2.04. The van der Waals surface area contributed by atoms with Crippen LogP contribution in [0.3, 0.4) is 0 Å². The lowest BCUT2D eigenvalue weighted by molar-refractivity contribution is -0.132. The zero-order chi connectivity index (χ0) is 15.9. The number of hydrogen-bond acceptors (Lipinski definition) is 3. The predicted octanol–water partition coefficient (Wildman–Crippen LogP) is 2.22. The van der Waals surface area contributed by atoms with Gasteiger partial charge < -0.3 is 15.0 Å². The molecule has 0 radical (unpaired) electrons. The van der Waals surface area contributed by atoms with Crippen molar-refractivity contribution < 1.29 is 14.3 Å². The van der Waals surface area contributed by atoms with Gasteiger partial charge >= 0.3 is 0 Å². The van der Waals surface area contributed by atoms with Crippen molar-refractivity contribution in [2.45, 2.75) is 38.6 Å². The van der Waals surface area contributed by atoms with E-state index in [1.807, 2.05) is 17.9 Å². The Morgan fingerprint density at radius 3 is 2.68 bits per heavy atom. The second-order valence-corrected chi connectivity index (χ2v) is 5.61. The second kappa shape index (κ2) is 7.82. The highest BCUT2D eigenvalue weighted by molar-refractivity contribution is 5.94. The van der Waals surface area contributed by atoms with Gasteiger partial charge in [0.1, 0.15) is 5.75 Å². The first-order valence-corrected chi connectivity index (χ1v) is 7.86. The third-order valence-corrected chi connectivity index (χ3v) is 3.98. The number of nitrogens with one attached hydrogen (secondary N) is 1. The predicted molar refractivity (Wildman–Crippen MR) is 85.0 cm³/mol. The third kappa shape index (κ3) is 4.23. The molecule has 5 heteroatoms. The molecule has 1 aliphatic rings. The van der Waals surface area contributed by atoms with Gasteiger partial charge in [-0.3, -0.25) is 9.59 Å². The fourth-order valence-electron chi connectivity index (χ4n) is 2.68. The van der Waals surface area contributed by atoms with Crippen LogP contribution in [-0.4, -0.2) is 43.0 Å². The lowest BCUT2D eigenvalue weighted by Crippen LogP contribution is -2.46. The molecule has 0 bridgehead atoms. The van der Waals surface area contributed by atoms with E-state index in [1.54, 1.807) is 25.3 Å². The van der Waals surface area contributed by atoms with Crippen LogP contribution in [0, 0.1) is 0 Å². The Kier molecular flexibility index (Phi) is 5.81. The minimum atomic E-state index is -0.0859. The van der Waals surface area contributed by atoms with Gasteiger partial charge in [0.25, 0.3) is 5.91 Å². The molecule has 1 saturated heterocycles. The van der Waals surface area contributed by atoms with Gasteiger partial charge in [0.15, 0.2) is 0 Å². The highest BCUT2D eigenvalue weighted by Gasteiger charge is 2.23. The first-order chi connectivity index (χ1) is 10.6. The summed E-state index contributed by atoms with van der Waals surface area (Å²) >= 11 is 0. The van der Waals surface area contributed by atoms with Crippen molar-refractivity contribution in [3.63, 3.8) is 0 Å². The van der Waals surface area contributed by atoms with Crippen molar-refractivity contribution in [1.82, 2.24) is 10.2 Å². The maximum Gasteiger partial charge on any atom is 0.251 e. The molecule has 1 fully saturated rings. The molecule has 0 aliphatic carbocycles. The summed E-state index contributed by atoms with van der Waals surface area (Å²) in [6.45, 7) is 3.46. The zero-order valence-electron chi connectivity index (χ0n) is 13.3. The Morgan fingerprint density at radius 2 is 2.05 bits per heavy atom. The summed E-state index contributed by atoms with van der Waals surface area (Å²) in [6.07, 6.45) is 3.11. The summed E-state index contributed by atoms with van der Waals surface area (Å²) in [5.41, 5.74) is 0.601. The maximum absolute atomic E-state index is 12.3. The van der Waals surface area contributed by atoms with Crippen molar-refractivity contribution in [1.29, 1.82) is 0 Å². The van der Waals surface area contributed by atoms with E-state index in [4.69, 9.17) is 4.74 Å². The van der Waals surface area contributed by atoms with E-state index < -0.39 is 0 Å². The molecule has 2 amide bonds. The number of nitrogens with zero attached hydrogens (tertiary/aromatic N) is 1. The van der Waals surface area contributed by atoms with E-state index in [0.29, 0.717) is 17.7 Å². The van der Waals surface area contributed by atoms with Crippen LogP contribution in [-0.2, 0) is 4.79 Å². The SMILES string of the molecule is CCCC(=O)N1CCC(NC(=O)c2cccc(OC)c2)CC1. The van der Waals surface area contributed by atoms with Crippen LogP contribution in [0.1, 0.15) is 43.0 Å². The number of carbonyl (C=O) groups is 2. The molecule has 1 aromatic carbocycles. The highest BCUT2D eigenvalue weighted by atomic mass is 16.5. The van der Waals surface area contributed by atoms with Crippen LogP contribution >= 0.6 is 0 Å². The van der Waals surface area contributed by atoms with Crippen LogP contribution in [0.4, 0.5) is 0 Å². The van der Waals surface area contributed by atoms with Gasteiger partial charge in [-0.15, -0.1) is 0 Å². The minimum Gasteiger partial charge on any atom is -0.497 e. The second-order valence-electron chi connectivity index (χ2n) is 5.61. The van der Waals surface area contributed by atoms with Gasteiger partial charge in [-0.1, -0.05) is 13.0 Å². The van der Waals surface area contributed by atoms with Crippen LogP contribution in [0.25, 0.3) is 0 Å². The molecule has 0 unspecified atom stereocenters. The monoisotopic (exact) mass is 304 g/mol. The zero-order valence-corrected chi connectivity index (χ0v) is 13.3. The molecule has 5 nitrogen and oxygen atoms in total. The van der Waals surface area contributed by atoms with Crippen LogP contribution < -0.4 is 10.1 Å². The Labute approximate surface area is 131 Å². The normalized spacial score (nSPS) is 15.5. The molecule has 0 aromatic heterocycles. The van der Waals surface area contributed by atoms with E-state index in [2.05, 4.69) is 5.32 Å². The summed E-state index contributed by atoms with van der Waals surface area (Å²) in [7, 11) is 1.58. The quantitative estimate of drug-likeness (QED) is 0.907. The maximum atomic E-state index is 12.3. The van der Waals surface area contributed by atoms with Crippen LogP contribution in [0.5, 0.6) is 5.75 Å². The van der Waals surface area contributed by atoms with Gasteiger partial charge in [0.05, 0.1) is 7.11 Å². The smallest absolute Gasteiger partial charge is 0.251 e. The molecule has 2 rings (SSSR count). The summed E-state index contributed by atoms with van der Waals surface area (Å²) in [5.74, 6) is 0.810. The fourth-order valence-corrected chi connectivity index (χ4v) is 2.68. The van der Waals surface area contributed by atoms with Crippen molar-refractivity contribution in [3.8, 4) is 5.75 Å². The lowest BCUT2D eigenvalue weighted by Gasteiger charge is -2.32. The van der Waals surface area contributed by atoms with Crippen molar-refractivity contribution in [2.75, 3.05) is 20.2 Å². The van der Waals surface area contributed by atoms with Crippen LogP contribution in [0.15, 0.2) is 24.3 Å². The van der Waals surface area contributed by atoms with Crippen molar-refractivity contribution in [3.05, 3.63) is 29.8 Å². The van der Waals surface area contributed by atoms with Crippen molar-refractivity contribution >= 4 is 11.8 Å². The molecule has 1 N–H and O–H groups in total. The molecule has 1 aliphatic heterocycles. The van der Waals surface area contributed by atoms with Crippen LogP contribution in [0.2, 0.25) is 0 Å². The average Bonchev–Trinajstić information content (AvgIpc) is 2.55. The summed E-state index contributed by atoms with van der Waals surface area (Å²) in [4.78, 5) is 26.0. The number of amides is 2. The molecule has 0 saturated carbocycles. The number of rotatable bonds is 5. The first-order valence-electron chi connectivity index (χ1n) is 7.86. The Bertz CT molecular complexity index is 522. The number of carbonyl (C=O) groups excluding carboxylic acids is 2. The minimum absolute atomic E-state index is 0.0859. The lowest BCUT2D eigenvalue weighted by atomic mass is 10.0. The molecule has 1 aromatic rings. The Morgan fingerprint density at radius 1 is 1.32 bits per heavy atom. The summed E-state index contributed by atoms with van der Waals surface area (Å²) in [5, 5.41) is 3.05. The standard InChI is InChI=1S/C17H24N2O3/c1-3-5-16(20)19-10-8-14(9-11-19)18-17(21)13-6-4-7-15(12-13)22-2/h4,6-7,12,14H,3,5,8-11H2,1-2H3,(H,18,21). The molecular weight excluding hydrogens is 280 g/mol. The average molecular weight is 304 g/mol. The van der Waals surface area contributed by atoms with Gasteiger partial charge in [0, 0.05) is 31.1 Å². The highest BCUT2D eigenvalue weighted by Crippen LogP contribution is 2.15. The number of likely N-dealkylation sites (tertiary alicyclic amines) is 1. The Balaban J connectivity index is 1.85. The largest absolute Gasteiger partial charge is 0.497 e. The molecule has 1 heterocycles. The topological polar surface area (TPSA) is 58.6 Å². The summed E-state index contributed by atoms with van der Waals surface area (Å²) < 4.78 is 5.13. The van der Waals surface area contributed by atoms with E-state index in [9.17, 15) is 9.59 Å². The molecule has 22 heavy (non-hydrogen) atoms.